The number of nitrogens with one attached hydrogen (secondary N) is 1. The first kappa shape index (κ1) is 17.8. The van der Waals surface area contributed by atoms with E-state index in [0.29, 0.717) is 5.75 Å². The van der Waals surface area contributed by atoms with Crippen LogP contribution in [0, 0.1) is 0 Å². The van der Waals surface area contributed by atoms with Gasteiger partial charge in [0.15, 0.2) is 0 Å². The third-order valence-electron chi connectivity index (χ3n) is 2.91. The van der Waals surface area contributed by atoms with Crippen LogP contribution in [0.15, 0.2) is 18.2 Å². The summed E-state index contributed by atoms with van der Waals surface area (Å²) in [6.07, 6.45) is -0.240. The van der Waals surface area contributed by atoms with E-state index in [1.54, 1.807) is 6.92 Å². The lowest BCUT2D eigenvalue weighted by Crippen LogP contribution is -2.42. The Morgan fingerprint density at radius 2 is 2.05 bits per heavy atom. The number of aromatic hydroxyl groups is 1. The number of carbonyl (C=O) groups is 2. The lowest BCUT2D eigenvalue weighted by Gasteiger charge is -2.22. The molecule has 1 rings (SSSR count). The van der Waals surface area contributed by atoms with E-state index in [1.165, 1.54) is 32.2 Å². The summed E-state index contributed by atoms with van der Waals surface area (Å²) in [5.41, 5.74) is -1.39. The minimum Gasteiger partial charge on any atom is -0.507 e. The fourth-order valence-corrected chi connectivity index (χ4v) is 1.78. The molecule has 7 heteroatoms. The molecule has 1 unspecified atom stereocenters. The van der Waals surface area contributed by atoms with Crippen LogP contribution in [0.5, 0.6) is 11.5 Å². The second-order valence-corrected chi connectivity index (χ2v) is 5.04. The van der Waals surface area contributed by atoms with Crippen molar-refractivity contribution in [2.45, 2.75) is 25.9 Å². The third-order valence-corrected chi connectivity index (χ3v) is 2.91. The van der Waals surface area contributed by atoms with Gasteiger partial charge in [0.2, 0.25) is 0 Å². The number of esters is 1. The van der Waals surface area contributed by atoms with Gasteiger partial charge in [-0.1, -0.05) is 0 Å². The first-order valence-electron chi connectivity index (χ1n) is 6.82. The van der Waals surface area contributed by atoms with Crippen molar-refractivity contribution in [3.63, 3.8) is 0 Å². The van der Waals surface area contributed by atoms with Gasteiger partial charge >= 0.3 is 5.97 Å². The highest BCUT2D eigenvalue weighted by atomic mass is 16.5. The molecule has 0 saturated carbocycles. The monoisotopic (exact) mass is 311 g/mol. The largest absolute Gasteiger partial charge is 0.507 e. The van der Waals surface area contributed by atoms with Gasteiger partial charge in [-0.3, -0.25) is 9.59 Å². The standard InChI is InChI=1S/C15H21NO6/c1-4-22-13(18)8-15(2,20)9-16-14(19)11-6-5-10(21-3)7-12(11)17/h5-7,17,20H,4,8-9H2,1-3H3,(H,16,19). The SMILES string of the molecule is CCOC(=O)CC(C)(O)CNC(=O)c1ccc(OC)cc1O. The normalized spacial score (nSPS) is 13.1. The summed E-state index contributed by atoms with van der Waals surface area (Å²) in [5.74, 6) is -0.927. The minimum absolute atomic E-state index is 0.0488. The second kappa shape index (κ2) is 7.65. The summed E-state index contributed by atoms with van der Waals surface area (Å²) in [6.45, 7) is 3.15. The predicted octanol–water partition coefficient (Wildman–Crippen LogP) is 0.835. The molecule has 0 saturated heterocycles. The summed E-state index contributed by atoms with van der Waals surface area (Å²) in [5, 5.41) is 22.3. The molecule has 0 heterocycles. The molecule has 0 aliphatic heterocycles. The second-order valence-electron chi connectivity index (χ2n) is 5.04. The van der Waals surface area contributed by atoms with Crippen LogP contribution in [-0.2, 0) is 9.53 Å². The maximum atomic E-state index is 12.0. The number of carbonyl (C=O) groups excluding carboxylic acids is 2. The Morgan fingerprint density at radius 3 is 2.59 bits per heavy atom. The number of benzene rings is 1. The molecule has 1 aromatic carbocycles. The smallest absolute Gasteiger partial charge is 0.308 e. The molecule has 0 radical (unpaired) electrons. The number of methoxy groups -OCH3 is 1. The van der Waals surface area contributed by atoms with Gasteiger partial charge in [0.1, 0.15) is 11.5 Å². The maximum Gasteiger partial charge on any atom is 0.308 e. The molecule has 122 valence electrons. The highest BCUT2D eigenvalue weighted by molar-refractivity contribution is 5.97. The average molecular weight is 311 g/mol. The van der Waals surface area contributed by atoms with Crippen molar-refractivity contribution in [3.8, 4) is 11.5 Å². The van der Waals surface area contributed by atoms with Gasteiger partial charge in [0.25, 0.3) is 5.91 Å². The Morgan fingerprint density at radius 1 is 1.36 bits per heavy atom. The molecule has 3 N–H and O–H groups in total. The van der Waals surface area contributed by atoms with Gasteiger partial charge in [-0.25, -0.2) is 0 Å². The number of ether oxygens (including phenoxy) is 2. The maximum absolute atomic E-state index is 12.0. The number of amides is 1. The lowest BCUT2D eigenvalue weighted by molar-refractivity contribution is -0.147. The lowest BCUT2D eigenvalue weighted by atomic mass is 10.0. The van der Waals surface area contributed by atoms with Crippen LogP contribution in [0.4, 0.5) is 0 Å². The molecule has 1 aromatic rings. The zero-order chi connectivity index (χ0) is 16.8. The highest BCUT2D eigenvalue weighted by Gasteiger charge is 2.26. The van der Waals surface area contributed by atoms with Gasteiger partial charge < -0.3 is 25.0 Å². The van der Waals surface area contributed by atoms with Crippen LogP contribution in [0.3, 0.4) is 0 Å². The molecule has 0 aliphatic rings. The molecule has 0 bridgehead atoms. The van der Waals surface area contributed by atoms with Crippen molar-refractivity contribution in [2.75, 3.05) is 20.3 Å². The third kappa shape index (κ3) is 5.25. The zero-order valence-corrected chi connectivity index (χ0v) is 12.9. The van der Waals surface area contributed by atoms with Crippen LogP contribution < -0.4 is 10.1 Å². The average Bonchev–Trinajstić information content (AvgIpc) is 2.44. The van der Waals surface area contributed by atoms with Crippen molar-refractivity contribution in [2.24, 2.45) is 0 Å². The molecule has 0 aromatic heterocycles. The number of rotatable bonds is 7. The quantitative estimate of drug-likeness (QED) is 0.644. The van der Waals surface area contributed by atoms with Gasteiger partial charge in [-0.2, -0.15) is 0 Å². The Hall–Kier alpha value is -2.28. The first-order chi connectivity index (χ1) is 10.3. The van der Waals surface area contributed by atoms with Crippen molar-refractivity contribution >= 4 is 11.9 Å². The van der Waals surface area contributed by atoms with E-state index in [1.807, 2.05) is 0 Å². The number of hydrogen-bond acceptors (Lipinski definition) is 6. The molecule has 1 atom stereocenters. The van der Waals surface area contributed by atoms with Crippen molar-refractivity contribution in [1.82, 2.24) is 5.32 Å². The van der Waals surface area contributed by atoms with E-state index in [4.69, 9.17) is 9.47 Å². The van der Waals surface area contributed by atoms with Crippen molar-refractivity contribution < 1.29 is 29.3 Å². The number of phenolic OH excluding ortho intramolecular Hbond substituents is 1. The molecule has 0 fully saturated rings. The van der Waals surface area contributed by atoms with E-state index in [9.17, 15) is 19.8 Å². The van der Waals surface area contributed by atoms with Gasteiger partial charge in [-0.15, -0.1) is 0 Å². The van der Waals surface area contributed by atoms with Gasteiger partial charge in [0, 0.05) is 12.6 Å². The summed E-state index contributed by atoms with van der Waals surface area (Å²) in [7, 11) is 1.45. The van der Waals surface area contributed by atoms with Crippen LogP contribution >= 0.6 is 0 Å². The van der Waals surface area contributed by atoms with Crippen LogP contribution in [0.2, 0.25) is 0 Å². The molecule has 0 spiro atoms. The highest BCUT2D eigenvalue weighted by Crippen LogP contribution is 2.23. The summed E-state index contributed by atoms with van der Waals surface area (Å²) >= 11 is 0. The summed E-state index contributed by atoms with van der Waals surface area (Å²) in [4.78, 5) is 23.3. The number of phenols is 1. The summed E-state index contributed by atoms with van der Waals surface area (Å²) < 4.78 is 9.68. The van der Waals surface area contributed by atoms with E-state index in [0.717, 1.165) is 0 Å². The zero-order valence-electron chi connectivity index (χ0n) is 12.9. The van der Waals surface area contributed by atoms with Gasteiger partial charge in [-0.05, 0) is 26.0 Å². The minimum atomic E-state index is -1.44. The van der Waals surface area contributed by atoms with E-state index in [-0.39, 0.29) is 30.9 Å². The predicted molar refractivity (Wildman–Crippen MR) is 78.9 cm³/mol. The number of aliphatic hydroxyl groups is 1. The molecular formula is C15H21NO6. The van der Waals surface area contributed by atoms with Crippen molar-refractivity contribution in [3.05, 3.63) is 23.8 Å². The first-order valence-corrected chi connectivity index (χ1v) is 6.82. The van der Waals surface area contributed by atoms with E-state index >= 15 is 0 Å². The van der Waals surface area contributed by atoms with E-state index in [2.05, 4.69) is 5.32 Å². The van der Waals surface area contributed by atoms with Crippen molar-refractivity contribution in [1.29, 1.82) is 0 Å². The Kier molecular flexibility index (Phi) is 6.18. The van der Waals surface area contributed by atoms with Crippen LogP contribution in [0.25, 0.3) is 0 Å². The van der Waals surface area contributed by atoms with Crippen LogP contribution in [0.1, 0.15) is 30.6 Å². The fraction of sp³-hybridized carbons (Fsp3) is 0.467. The van der Waals surface area contributed by atoms with Gasteiger partial charge in [0.05, 0.1) is 31.3 Å². The molecular weight excluding hydrogens is 290 g/mol. The molecule has 1 amide bonds. The number of hydrogen-bond donors (Lipinski definition) is 3. The Bertz CT molecular complexity index is 541. The van der Waals surface area contributed by atoms with E-state index < -0.39 is 17.5 Å². The molecule has 22 heavy (non-hydrogen) atoms. The fourth-order valence-electron chi connectivity index (χ4n) is 1.78. The Balaban J connectivity index is 2.63. The topological polar surface area (TPSA) is 105 Å². The summed E-state index contributed by atoms with van der Waals surface area (Å²) in [6, 6.07) is 4.25. The Labute approximate surface area is 128 Å². The molecule has 7 nitrogen and oxygen atoms in total. The van der Waals surface area contributed by atoms with Crippen LogP contribution in [-0.4, -0.2) is 48.0 Å². The molecule has 0 aliphatic carbocycles.